The van der Waals surface area contributed by atoms with E-state index in [1.54, 1.807) is 18.2 Å². The van der Waals surface area contributed by atoms with Crippen LogP contribution in [0.1, 0.15) is 6.42 Å². The van der Waals surface area contributed by atoms with E-state index in [0.717, 1.165) is 13.0 Å². The number of hydrogen-bond donors (Lipinski definition) is 1. The monoisotopic (exact) mass is 324 g/mol. The fraction of sp³-hybridized carbons (Fsp3) is 0.467. The van der Waals surface area contributed by atoms with E-state index in [9.17, 15) is 9.59 Å². The Morgan fingerprint density at radius 2 is 2.32 bits per heavy atom. The highest BCUT2D eigenvalue weighted by molar-refractivity contribution is 6.31. The second kappa shape index (κ2) is 6.54. The molecule has 6 nitrogen and oxygen atoms in total. The molecule has 0 aliphatic carbocycles. The van der Waals surface area contributed by atoms with E-state index in [0.29, 0.717) is 35.5 Å². The summed E-state index contributed by atoms with van der Waals surface area (Å²) in [4.78, 5) is 25.5. The second-order valence-corrected chi connectivity index (χ2v) is 5.85. The van der Waals surface area contributed by atoms with Crippen LogP contribution >= 0.6 is 11.6 Å². The molecule has 1 saturated heterocycles. The maximum absolute atomic E-state index is 12.1. The summed E-state index contributed by atoms with van der Waals surface area (Å²) < 4.78 is 10.6. The Hall–Kier alpha value is -1.79. The zero-order chi connectivity index (χ0) is 15.5. The number of hydrogen-bond acceptors (Lipinski definition) is 4. The van der Waals surface area contributed by atoms with Crippen LogP contribution in [0, 0.1) is 5.92 Å². The lowest BCUT2D eigenvalue weighted by molar-refractivity contribution is -0.125. The predicted molar refractivity (Wildman–Crippen MR) is 81.2 cm³/mol. The lowest BCUT2D eigenvalue weighted by Gasteiger charge is -2.29. The molecule has 1 fully saturated rings. The van der Waals surface area contributed by atoms with E-state index in [2.05, 4.69) is 5.32 Å². The number of benzene rings is 1. The number of rotatable bonds is 4. The lowest BCUT2D eigenvalue weighted by atomic mass is 10.1. The molecule has 1 atom stereocenters. The molecule has 1 unspecified atom stereocenters. The van der Waals surface area contributed by atoms with Crippen molar-refractivity contribution in [3.8, 4) is 5.75 Å². The summed E-state index contributed by atoms with van der Waals surface area (Å²) in [6.45, 7) is 1.88. The van der Waals surface area contributed by atoms with Gasteiger partial charge in [0.15, 0.2) is 6.61 Å². The second-order valence-electron chi connectivity index (χ2n) is 5.41. The van der Waals surface area contributed by atoms with Crippen LogP contribution in [-0.4, -0.2) is 44.7 Å². The van der Waals surface area contributed by atoms with Gasteiger partial charge < -0.3 is 14.8 Å². The molecule has 2 aliphatic rings. The van der Waals surface area contributed by atoms with Crippen LogP contribution in [0.2, 0.25) is 5.02 Å². The summed E-state index contributed by atoms with van der Waals surface area (Å²) in [6.07, 6.45) is 0.954. The molecule has 1 aromatic rings. The minimum Gasteiger partial charge on any atom is -0.482 e. The first-order chi connectivity index (χ1) is 10.6. The molecule has 22 heavy (non-hydrogen) atoms. The van der Waals surface area contributed by atoms with E-state index >= 15 is 0 Å². The number of ether oxygens (including phenoxy) is 2. The fourth-order valence-corrected chi connectivity index (χ4v) is 2.72. The first-order valence-corrected chi connectivity index (χ1v) is 7.58. The van der Waals surface area contributed by atoms with Crippen LogP contribution in [0.3, 0.4) is 0 Å². The van der Waals surface area contributed by atoms with Gasteiger partial charge in [-0.05, 0) is 24.6 Å². The maximum Gasteiger partial charge on any atom is 0.265 e. The van der Waals surface area contributed by atoms with Crippen LogP contribution in [0.5, 0.6) is 5.75 Å². The SMILES string of the molecule is O=C(CN1C(=O)COc2ccc(Cl)cc21)NCC1CCOC1. The lowest BCUT2D eigenvalue weighted by Crippen LogP contribution is -2.45. The Morgan fingerprint density at radius 1 is 1.45 bits per heavy atom. The largest absolute Gasteiger partial charge is 0.482 e. The molecule has 2 aliphatic heterocycles. The van der Waals surface area contributed by atoms with Gasteiger partial charge in [0, 0.05) is 24.1 Å². The molecule has 0 saturated carbocycles. The maximum atomic E-state index is 12.1. The highest BCUT2D eigenvalue weighted by Gasteiger charge is 2.27. The van der Waals surface area contributed by atoms with Gasteiger partial charge in [-0.1, -0.05) is 11.6 Å². The van der Waals surface area contributed by atoms with Crippen LogP contribution in [0.25, 0.3) is 0 Å². The van der Waals surface area contributed by atoms with Crippen molar-refractivity contribution in [2.45, 2.75) is 6.42 Å². The summed E-state index contributed by atoms with van der Waals surface area (Å²) in [5.74, 6) is 0.453. The van der Waals surface area contributed by atoms with Crippen molar-refractivity contribution >= 4 is 29.1 Å². The summed E-state index contributed by atoms with van der Waals surface area (Å²) in [5.41, 5.74) is 0.531. The van der Waals surface area contributed by atoms with Gasteiger partial charge in [-0.15, -0.1) is 0 Å². The number of nitrogens with zero attached hydrogens (tertiary/aromatic N) is 1. The van der Waals surface area contributed by atoms with Crippen molar-refractivity contribution in [2.24, 2.45) is 5.92 Å². The van der Waals surface area contributed by atoms with Gasteiger partial charge in [-0.2, -0.15) is 0 Å². The Labute approximate surface area is 133 Å². The van der Waals surface area contributed by atoms with E-state index in [-0.39, 0.29) is 25.0 Å². The minimum absolute atomic E-state index is 0.0386. The molecule has 2 heterocycles. The molecular formula is C15H17ClN2O4. The number of halogens is 1. The molecule has 1 aromatic carbocycles. The number of carbonyl (C=O) groups is 2. The zero-order valence-electron chi connectivity index (χ0n) is 12.0. The third-order valence-corrected chi connectivity index (χ3v) is 4.01. The van der Waals surface area contributed by atoms with Crippen LogP contribution in [0.4, 0.5) is 5.69 Å². The number of nitrogens with one attached hydrogen (secondary N) is 1. The van der Waals surface area contributed by atoms with Gasteiger partial charge in [0.05, 0.1) is 12.3 Å². The van der Waals surface area contributed by atoms with Crippen LogP contribution in [-0.2, 0) is 14.3 Å². The Balaban J connectivity index is 1.64. The van der Waals surface area contributed by atoms with Gasteiger partial charge >= 0.3 is 0 Å². The topological polar surface area (TPSA) is 67.9 Å². The zero-order valence-corrected chi connectivity index (χ0v) is 12.8. The highest BCUT2D eigenvalue weighted by atomic mass is 35.5. The van der Waals surface area contributed by atoms with E-state index in [1.165, 1.54) is 4.90 Å². The van der Waals surface area contributed by atoms with E-state index in [1.807, 2.05) is 0 Å². The average molecular weight is 325 g/mol. The Kier molecular flexibility index (Phi) is 4.49. The molecule has 0 aromatic heterocycles. The molecule has 118 valence electrons. The molecule has 3 rings (SSSR count). The molecule has 0 spiro atoms. The molecule has 2 amide bonds. The van der Waals surface area contributed by atoms with Crippen LogP contribution < -0.4 is 15.0 Å². The van der Waals surface area contributed by atoms with E-state index in [4.69, 9.17) is 21.1 Å². The molecule has 0 bridgehead atoms. The first kappa shape index (κ1) is 15.1. The van der Waals surface area contributed by atoms with Gasteiger partial charge in [0.1, 0.15) is 12.3 Å². The van der Waals surface area contributed by atoms with Gasteiger partial charge in [0.2, 0.25) is 5.91 Å². The number of fused-ring (bicyclic) bond motifs is 1. The standard InChI is InChI=1S/C15H17ClN2O4/c16-11-1-2-13-12(5-11)18(15(20)9-22-13)7-14(19)17-6-10-3-4-21-8-10/h1-2,5,10H,3-4,6-9H2,(H,17,19). The third-order valence-electron chi connectivity index (χ3n) is 3.78. The number of anilines is 1. The molecule has 7 heteroatoms. The normalized spacial score (nSPS) is 20.5. The quantitative estimate of drug-likeness (QED) is 0.904. The summed E-state index contributed by atoms with van der Waals surface area (Å²) >= 11 is 5.97. The first-order valence-electron chi connectivity index (χ1n) is 7.20. The summed E-state index contributed by atoms with van der Waals surface area (Å²) in [7, 11) is 0. The van der Waals surface area contributed by atoms with E-state index < -0.39 is 0 Å². The van der Waals surface area contributed by atoms with Crippen molar-refractivity contribution in [1.82, 2.24) is 5.32 Å². The van der Waals surface area contributed by atoms with Crippen LogP contribution in [0.15, 0.2) is 18.2 Å². The third kappa shape index (κ3) is 3.34. The van der Waals surface area contributed by atoms with Crippen molar-refractivity contribution in [3.63, 3.8) is 0 Å². The molecule has 0 radical (unpaired) electrons. The summed E-state index contributed by atoms with van der Waals surface area (Å²) in [6, 6.07) is 5.02. The Bertz CT molecular complexity index is 587. The fourth-order valence-electron chi connectivity index (χ4n) is 2.55. The number of amides is 2. The van der Waals surface area contributed by atoms with Crippen molar-refractivity contribution in [3.05, 3.63) is 23.2 Å². The van der Waals surface area contributed by atoms with Gasteiger partial charge in [-0.25, -0.2) is 0 Å². The smallest absolute Gasteiger partial charge is 0.265 e. The van der Waals surface area contributed by atoms with Crippen molar-refractivity contribution in [1.29, 1.82) is 0 Å². The molecule has 1 N–H and O–H groups in total. The molecular weight excluding hydrogens is 308 g/mol. The predicted octanol–water partition coefficient (Wildman–Crippen LogP) is 1.22. The van der Waals surface area contributed by atoms with Gasteiger partial charge in [-0.3, -0.25) is 14.5 Å². The number of carbonyl (C=O) groups excluding carboxylic acids is 2. The van der Waals surface area contributed by atoms with Crippen molar-refractivity contribution in [2.75, 3.05) is 37.8 Å². The minimum atomic E-state index is -0.255. The highest BCUT2D eigenvalue weighted by Crippen LogP contribution is 2.34. The van der Waals surface area contributed by atoms with Crippen molar-refractivity contribution < 1.29 is 19.1 Å². The Morgan fingerprint density at radius 3 is 3.09 bits per heavy atom. The van der Waals surface area contributed by atoms with Gasteiger partial charge in [0.25, 0.3) is 5.91 Å². The average Bonchev–Trinajstić information content (AvgIpc) is 3.02. The summed E-state index contributed by atoms with van der Waals surface area (Å²) in [5, 5.41) is 3.34.